The van der Waals surface area contributed by atoms with Gasteiger partial charge in [0, 0.05) is 43.3 Å². The van der Waals surface area contributed by atoms with E-state index in [-0.39, 0.29) is 11.8 Å². The fourth-order valence-electron chi connectivity index (χ4n) is 2.66. The zero-order valence-electron chi connectivity index (χ0n) is 11.3. The minimum absolute atomic E-state index is 0.0322. The molecule has 0 radical (unpaired) electrons. The SMILES string of the molecule is CCn1cc([C@H]2CC(=O)Nc3c2cnn3C)c(C)n1. The second-order valence-electron chi connectivity index (χ2n) is 4.90. The molecule has 1 atom stereocenters. The molecule has 0 bridgehead atoms. The number of aryl methyl sites for hydroxylation is 3. The molecule has 0 spiro atoms. The summed E-state index contributed by atoms with van der Waals surface area (Å²) in [5, 5.41) is 11.6. The van der Waals surface area contributed by atoms with Crippen molar-refractivity contribution in [3.63, 3.8) is 0 Å². The number of rotatable bonds is 2. The van der Waals surface area contributed by atoms with E-state index in [0.29, 0.717) is 6.42 Å². The molecule has 0 unspecified atom stereocenters. The summed E-state index contributed by atoms with van der Waals surface area (Å²) < 4.78 is 3.62. The molecule has 0 saturated heterocycles. The lowest BCUT2D eigenvalue weighted by Gasteiger charge is -2.22. The summed E-state index contributed by atoms with van der Waals surface area (Å²) in [7, 11) is 1.84. The Labute approximate surface area is 111 Å². The first-order valence-corrected chi connectivity index (χ1v) is 6.45. The van der Waals surface area contributed by atoms with E-state index in [1.807, 2.05) is 31.0 Å². The van der Waals surface area contributed by atoms with Gasteiger partial charge in [0.25, 0.3) is 0 Å². The van der Waals surface area contributed by atoms with Crippen molar-refractivity contribution in [2.75, 3.05) is 5.32 Å². The van der Waals surface area contributed by atoms with E-state index in [2.05, 4.69) is 22.4 Å². The molecule has 2 aromatic rings. The zero-order valence-corrected chi connectivity index (χ0v) is 11.3. The van der Waals surface area contributed by atoms with Gasteiger partial charge < -0.3 is 5.32 Å². The number of nitrogens with zero attached hydrogens (tertiary/aromatic N) is 4. The van der Waals surface area contributed by atoms with Gasteiger partial charge in [-0.05, 0) is 13.8 Å². The quantitative estimate of drug-likeness (QED) is 0.887. The van der Waals surface area contributed by atoms with Gasteiger partial charge in [0.2, 0.25) is 5.91 Å². The number of anilines is 1. The highest BCUT2D eigenvalue weighted by atomic mass is 16.1. The lowest BCUT2D eigenvalue weighted by atomic mass is 9.88. The Morgan fingerprint density at radius 2 is 2.26 bits per heavy atom. The largest absolute Gasteiger partial charge is 0.311 e. The Bertz CT molecular complexity index is 639. The summed E-state index contributed by atoms with van der Waals surface area (Å²) >= 11 is 0. The van der Waals surface area contributed by atoms with Crippen LogP contribution in [0.4, 0.5) is 5.82 Å². The van der Waals surface area contributed by atoms with Crippen LogP contribution in [0.25, 0.3) is 0 Å². The van der Waals surface area contributed by atoms with Crippen LogP contribution in [0.3, 0.4) is 0 Å². The molecule has 0 aliphatic carbocycles. The summed E-state index contributed by atoms with van der Waals surface area (Å²) in [4.78, 5) is 11.9. The topological polar surface area (TPSA) is 64.7 Å². The standard InChI is InChI=1S/C13H17N5O/c1-4-18-7-11(8(2)16-18)9-5-12(19)15-13-10(9)6-14-17(13)3/h6-7,9H,4-5H2,1-3H3,(H,15,19)/t9-/m0/s1. The highest BCUT2D eigenvalue weighted by Gasteiger charge is 2.31. The Morgan fingerprint density at radius 1 is 1.47 bits per heavy atom. The van der Waals surface area contributed by atoms with Gasteiger partial charge in [0.05, 0.1) is 11.9 Å². The fourth-order valence-corrected chi connectivity index (χ4v) is 2.66. The maximum absolute atomic E-state index is 11.9. The molecule has 1 aliphatic rings. The average molecular weight is 259 g/mol. The van der Waals surface area contributed by atoms with Crippen LogP contribution < -0.4 is 5.32 Å². The van der Waals surface area contributed by atoms with E-state index in [4.69, 9.17) is 0 Å². The average Bonchev–Trinajstić information content (AvgIpc) is 2.93. The normalized spacial score (nSPS) is 18.3. The fraction of sp³-hybridized carbons (Fsp3) is 0.462. The molecule has 2 aromatic heterocycles. The van der Waals surface area contributed by atoms with Crippen LogP contribution in [0, 0.1) is 6.92 Å². The van der Waals surface area contributed by atoms with E-state index in [0.717, 1.165) is 29.2 Å². The first-order chi connectivity index (χ1) is 9.10. The monoisotopic (exact) mass is 259 g/mol. The minimum Gasteiger partial charge on any atom is -0.311 e. The zero-order chi connectivity index (χ0) is 13.6. The molecular weight excluding hydrogens is 242 g/mol. The van der Waals surface area contributed by atoms with Crippen LogP contribution in [-0.4, -0.2) is 25.5 Å². The van der Waals surface area contributed by atoms with Gasteiger partial charge in [-0.25, -0.2) is 0 Å². The first-order valence-electron chi connectivity index (χ1n) is 6.45. The smallest absolute Gasteiger partial charge is 0.226 e. The number of amides is 1. The third-order valence-corrected chi connectivity index (χ3v) is 3.67. The van der Waals surface area contributed by atoms with Crippen molar-refractivity contribution in [1.82, 2.24) is 19.6 Å². The highest BCUT2D eigenvalue weighted by molar-refractivity contribution is 5.94. The van der Waals surface area contributed by atoms with Crippen LogP contribution in [0.1, 0.15) is 36.1 Å². The molecule has 0 fully saturated rings. The molecule has 3 rings (SSSR count). The van der Waals surface area contributed by atoms with E-state index >= 15 is 0 Å². The number of hydrogen-bond acceptors (Lipinski definition) is 3. The number of carbonyl (C=O) groups excluding carboxylic acids is 1. The maximum Gasteiger partial charge on any atom is 0.226 e. The van der Waals surface area contributed by atoms with Crippen molar-refractivity contribution in [1.29, 1.82) is 0 Å². The third-order valence-electron chi connectivity index (χ3n) is 3.67. The van der Waals surface area contributed by atoms with E-state index < -0.39 is 0 Å². The van der Waals surface area contributed by atoms with Crippen LogP contribution in [0.2, 0.25) is 0 Å². The first kappa shape index (κ1) is 12.0. The lowest BCUT2D eigenvalue weighted by Crippen LogP contribution is -2.24. The van der Waals surface area contributed by atoms with E-state index in [1.54, 1.807) is 4.68 Å². The Morgan fingerprint density at radius 3 is 2.95 bits per heavy atom. The molecule has 100 valence electrons. The van der Waals surface area contributed by atoms with Gasteiger partial charge in [0.15, 0.2) is 0 Å². The van der Waals surface area contributed by atoms with Crippen LogP contribution in [0.15, 0.2) is 12.4 Å². The Balaban J connectivity index is 2.09. The molecule has 6 nitrogen and oxygen atoms in total. The summed E-state index contributed by atoms with van der Waals surface area (Å²) in [6.45, 7) is 4.88. The number of fused-ring (bicyclic) bond motifs is 1. The van der Waals surface area contributed by atoms with E-state index in [9.17, 15) is 4.79 Å². The van der Waals surface area contributed by atoms with Gasteiger partial charge in [-0.15, -0.1) is 0 Å². The van der Waals surface area contributed by atoms with Crippen molar-refractivity contribution >= 4 is 11.7 Å². The highest BCUT2D eigenvalue weighted by Crippen LogP contribution is 2.37. The third kappa shape index (κ3) is 1.83. The molecule has 1 N–H and O–H groups in total. The van der Waals surface area contributed by atoms with Crippen molar-refractivity contribution in [3.05, 3.63) is 29.2 Å². The summed E-state index contributed by atoms with van der Waals surface area (Å²) in [5.74, 6) is 0.882. The number of nitrogens with one attached hydrogen (secondary N) is 1. The maximum atomic E-state index is 11.9. The second kappa shape index (κ2) is 4.22. The molecule has 0 aromatic carbocycles. The molecule has 0 saturated carbocycles. The van der Waals surface area contributed by atoms with Gasteiger partial charge in [-0.3, -0.25) is 14.2 Å². The summed E-state index contributed by atoms with van der Waals surface area (Å²) in [6.07, 6.45) is 4.33. The van der Waals surface area contributed by atoms with Crippen molar-refractivity contribution in [2.24, 2.45) is 7.05 Å². The van der Waals surface area contributed by atoms with Crippen molar-refractivity contribution in [3.8, 4) is 0 Å². The van der Waals surface area contributed by atoms with Gasteiger partial charge >= 0.3 is 0 Å². The van der Waals surface area contributed by atoms with Crippen molar-refractivity contribution < 1.29 is 4.79 Å². The van der Waals surface area contributed by atoms with Crippen molar-refractivity contribution in [2.45, 2.75) is 32.7 Å². The molecule has 6 heteroatoms. The number of hydrogen-bond donors (Lipinski definition) is 1. The number of carbonyl (C=O) groups is 1. The van der Waals surface area contributed by atoms with Gasteiger partial charge in [-0.1, -0.05) is 0 Å². The van der Waals surface area contributed by atoms with Crippen LogP contribution >= 0.6 is 0 Å². The Kier molecular flexibility index (Phi) is 2.66. The lowest BCUT2D eigenvalue weighted by molar-refractivity contribution is -0.116. The van der Waals surface area contributed by atoms with Crippen LogP contribution in [0.5, 0.6) is 0 Å². The molecule has 1 amide bonds. The number of aromatic nitrogens is 4. The summed E-state index contributed by atoms with van der Waals surface area (Å²) in [5.41, 5.74) is 3.17. The summed E-state index contributed by atoms with van der Waals surface area (Å²) in [6, 6.07) is 0. The molecule has 19 heavy (non-hydrogen) atoms. The van der Waals surface area contributed by atoms with Gasteiger partial charge in [0.1, 0.15) is 5.82 Å². The van der Waals surface area contributed by atoms with E-state index in [1.165, 1.54) is 0 Å². The van der Waals surface area contributed by atoms with Gasteiger partial charge in [-0.2, -0.15) is 10.2 Å². The minimum atomic E-state index is 0.0322. The second-order valence-corrected chi connectivity index (χ2v) is 4.90. The van der Waals surface area contributed by atoms with Crippen LogP contribution in [-0.2, 0) is 18.4 Å². The Hall–Kier alpha value is -2.11. The predicted octanol–water partition coefficient (Wildman–Crippen LogP) is 1.42. The predicted molar refractivity (Wildman–Crippen MR) is 70.9 cm³/mol. The molecule has 3 heterocycles. The molecule has 1 aliphatic heterocycles. The molecular formula is C13H17N5O.